The van der Waals surface area contributed by atoms with Gasteiger partial charge in [0.2, 0.25) is 0 Å². The van der Waals surface area contributed by atoms with E-state index in [-0.39, 0.29) is 11.3 Å². The Kier molecular flexibility index (Phi) is 3.54. The summed E-state index contributed by atoms with van der Waals surface area (Å²) >= 11 is 0. The van der Waals surface area contributed by atoms with Crippen molar-refractivity contribution in [2.45, 2.75) is 31.7 Å². The molecular weight excluding hydrogens is 236 g/mol. The predicted octanol–water partition coefficient (Wildman–Crippen LogP) is 0.480. The highest BCUT2D eigenvalue weighted by Gasteiger charge is 2.44. The van der Waals surface area contributed by atoms with Crippen LogP contribution in [0.4, 0.5) is 0 Å². The van der Waals surface area contributed by atoms with Crippen LogP contribution in [0.2, 0.25) is 0 Å². The van der Waals surface area contributed by atoms with Crippen molar-refractivity contribution in [2.24, 2.45) is 17.6 Å². The van der Waals surface area contributed by atoms with Crippen LogP contribution in [0.5, 0.6) is 0 Å². The van der Waals surface area contributed by atoms with Crippen LogP contribution in [-0.2, 0) is 9.84 Å². The normalized spacial score (nSPS) is 40.5. The molecule has 0 radical (unpaired) electrons. The van der Waals surface area contributed by atoms with Crippen LogP contribution in [0.1, 0.15) is 26.2 Å². The summed E-state index contributed by atoms with van der Waals surface area (Å²) in [4.78, 5) is 2.22. The van der Waals surface area contributed by atoms with Crippen LogP contribution in [0, 0.1) is 11.8 Å². The van der Waals surface area contributed by atoms with Gasteiger partial charge in [-0.15, -0.1) is 0 Å². The van der Waals surface area contributed by atoms with Crippen LogP contribution >= 0.6 is 0 Å². The Morgan fingerprint density at radius 3 is 2.59 bits per heavy atom. The van der Waals surface area contributed by atoms with Crippen LogP contribution in [0.25, 0.3) is 0 Å². The third kappa shape index (κ3) is 2.83. The van der Waals surface area contributed by atoms with E-state index in [1.807, 2.05) is 7.05 Å². The van der Waals surface area contributed by atoms with E-state index in [1.165, 1.54) is 6.42 Å². The van der Waals surface area contributed by atoms with Gasteiger partial charge in [-0.1, -0.05) is 6.92 Å². The van der Waals surface area contributed by atoms with Crippen molar-refractivity contribution < 1.29 is 8.42 Å². The zero-order valence-corrected chi connectivity index (χ0v) is 11.7. The molecule has 3 atom stereocenters. The summed E-state index contributed by atoms with van der Waals surface area (Å²) < 4.78 is 23.6. The monoisotopic (exact) mass is 260 g/mol. The average Bonchev–Trinajstić information content (AvgIpc) is 2.92. The summed E-state index contributed by atoms with van der Waals surface area (Å²) in [5.41, 5.74) is 5.58. The molecular formula is C12H24N2O2S. The molecule has 0 aromatic rings. The maximum Gasteiger partial charge on any atom is 0.152 e. The lowest BCUT2D eigenvalue weighted by molar-refractivity contribution is 0.124. The van der Waals surface area contributed by atoms with E-state index in [0.29, 0.717) is 12.3 Å². The minimum Gasteiger partial charge on any atom is -0.329 e. The SMILES string of the molecule is CC1CC1CN(C)C1(CN)CCCS(=O)(=O)C1. The van der Waals surface area contributed by atoms with Gasteiger partial charge >= 0.3 is 0 Å². The minimum atomic E-state index is -2.90. The summed E-state index contributed by atoms with van der Waals surface area (Å²) in [6.45, 7) is 3.70. The Labute approximate surface area is 104 Å². The van der Waals surface area contributed by atoms with Gasteiger partial charge in [0.1, 0.15) is 0 Å². The summed E-state index contributed by atoms with van der Waals surface area (Å²) in [7, 11) is -0.858. The third-order valence-corrected chi connectivity index (χ3v) is 6.45. The van der Waals surface area contributed by atoms with Gasteiger partial charge in [-0.3, -0.25) is 4.90 Å². The predicted molar refractivity (Wildman–Crippen MR) is 69.6 cm³/mol. The van der Waals surface area contributed by atoms with Crippen molar-refractivity contribution in [3.63, 3.8) is 0 Å². The van der Waals surface area contributed by atoms with E-state index >= 15 is 0 Å². The number of hydrogen-bond donors (Lipinski definition) is 1. The number of sulfone groups is 1. The van der Waals surface area contributed by atoms with E-state index in [0.717, 1.165) is 31.2 Å². The fourth-order valence-corrected chi connectivity index (χ4v) is 5.02. The van der Waals surface area contributed by atoms with Gasteiger partial charge in [-0.2, -0.15) is 0 Å². The van der Waals surface area contributed by atoms with Gasteiger partial charge < -0.3 is 5.73 Å². The lowest BCUT2D eigenvalue weighted by Gasteiger charge is -2.43. The second kappa shape index (κ2) is 4.52. The number of nitrogens with zero attached hydrogens (tertiary/aromatic N) is 1. The Bertz CT molecular complexity index is 382. The molecule has 2 N–H and O–H groups in total. The van der Waals surface area contributed by atoms with Crippen molar-refractivity contribution in [2.75, 3.05) is 31.6 Å². The summed E-state index contributed by atoms with van der Waals surface area (Å²) in [5.74, 6) is 2.12. The second-order valence-corrected chi connectivity index (χ2v) is 8.16. The third-order valence-electron chi connectivity index (χ3n) is 4.56. The van der Waals surface area contributed by atoms with Gasteiger partial charge in [-0.05, 0) is 38.1 Å². The Balaban J connectivity index is 2.07. The van der Waals surface area contributed by atoms with Gasteiger partial charge in [-0.25, -0.2) is 8.42 Å². The molecule has 5 heteroatoms. The molecule has 1 aliphatic heterocycles. The van der Waals surface area contributed by atoms with Gasteiger partial charge in [0.05, 0.1) is 11.5 Å². The van der Waals surface area contributed by atoms with Crippen molar-refractivity contribution in [3.05, 3.63) is 0 Å². The van der Waals surface area contributed by atoms with Crippen molar-refractivity contribution in [3.8, 4) is 0 Å². The quantitative estimate of drug-likeness (QED) is 0.798. The van der Waals surface area contributed by atoms with E-state index in [2.05, 4.69) is 11.8 Å². The molecule has 2 rings (SSSR count). The average molecular weight is 260 g/mol. The number of hydrogen-bond acceptors (Lipinski definition) is 4. The zero-order chi connectivity index (χ0) is 12.7. The number of likely N-dealkylation sites (N-methyl/N-ethyl adjacent to an activating group) is 1. The summed E-state index contributed by atoms with van der Waals surface area (Å²) in [5, 5.41) is 0. The van der Waals surface area contributed by atoms with E-state index < -0.39 is 9.84 Å². The maximum atomic E-state index is 11.8. The molecule has 0 amide bonds. The zero-order valence-electron chi connectivity index (χ0n) is 10.9. The molecule has 0 aromatic carbocycles. The molecule has 100 valence electrons. The lowest BCUT2D eigenvalue weighted by Crippen LogP contribution is -2.59. The van der Waals surface area contributed by atoms with Gasteiger partial charge in [0.15, 0.2) is 9.84 Å². The fraction of sp³-hybridized carbons (Fsp3) is 1.00. The minimum absolute atomic E-state index is 0.244. The molecule has 1 saturated heterocycles. The van der Waals surface area contributed by atoms with E-state index in [9.17, 15) is 8.42 Å². The molecule has 2 fully saturated rings. The lowest BCUT2D eigenvalue weighted by atomic mass is 9.93. The van der Waals surface area contributed by atoms with Crippen molar-refractivity contribution in [1.82, 2.24) is 4.90 Å². The molecule has 1 aliphatic carbocycles. The standard InChI is InChI=1S/C12H24N2O2S/c1-10-6-11(10)7-14(2)12(8-13)4-3-5-17(15,16)9-12/h10-11H,3-9,13H2,1-2H3. The van der Waals surface area contributed by atoms with Crippen LogP contribution in [0.15, 0.2) is 0 Å². The first-order valence-corrected chi connectivity index (χ1v) is 8.32. The van der Waals surface area contributed by atoms with Crippen molar-refractivity contribution >= 4 is 9.84 Å². The molecule has 0 spiro atoms. The van der Waals surface area contributed by atoms with Crippen LogP contribution in [0.3, 0.4) is 0 Å². The smallest absolute Gasteiger partial charge is 0.152 e. The first kappa shape index (κ1) is 13.3. The van der Waals surface area contributed by atoms with Gasteiger partial charge in [0.25, 0.3) is 0 Å². The maximum absolute atomic E-state index is 11.8. The summed E-state index contributed by atoms with van der Waals surface area (Å²) in [6.07, 6.45) is 2.95. The first-order chi connectivity index (χ1) is 7.88. The van der Waals surface area contributed by atoms with Crippen molar-refractivity contribution in [1.29, 1.82) is 0 Å². The highest BCUT2D eigenvalue weighted by atomic mass is 32.2. The van der Waals surface area contributed by atoms with E-state index in [4.69, 9.17) is 5.73 Å². The highest BCUT2D eigenvalue weighted by Crippen LogP contribution is 2.40. The van der Waals surface area contributed by atoms with E-state index in [1.54, 1.807) is 0 Å². The molecule has 0 bridgehead atoms. The molecule has 1 heterocycles. The summed E-state index contributed by atoms with van der Waals surface area (Å²) in [6, 6.07) is 0. The second-order valence-electron chi connectivity index (χ2n) is 5.98. The largest absolute Gasteiger partial charge is 0.329 e. The topological polar surface area (TPSA) is 63.4 Å². The Hall–Kier alpha value is -0.130. The highest BCUT2D eigenvalue weighted by molar-refractivity contribution is 7.91. The van der Waals surface area contributed by atoms with Crippen LogP contribution in [-0.4, -0.2) is 50.5 Å². The molecule has 2 aliphatic rings. The molecule has 0 aromatic heterocycles. The molecule has 1 saturated carbocycles. The fourth-order valence-electron chi connectivity index (χ4n) is 2.99. The molecule has 17 heavy (non-hydrogen) atoms. The molecule has 3 unspecified atom stereocenters. The Morgan fingerprint density at radius 2 is 2.12 bits per heavy atom. The molecule has 4 nitrogen and oxygen atoms in total. The Morgan fingerprint density at radius 1 is 1.47 bits per heavy atom. The number of rotatable bonds is 4. The van der Waals surface area contributed by atoms with Crippen LogP contribution < -0.4 is 5.73 Å². The van der Waals surface area contributed by atoms with Gasteiger partial charge in [0, 0.05) is 18.6 Å². The first-order valence-electron chi connectivity index (χ1n) is 6.50. The number of nitrogens with two attached hydrogens (primary N) is 1.